The number of rotatable bonds is 4. The summed E-state index contributed by atoms with van der Waals surface area (Å²) in [5, 5.41) is 0. The Morgan fingerprint density at radius 2 is 2.38 bits per heavy atom. The summed E-state index contributed by atoms with van der Waals surface area (Å²) in [7, 11) is 0. The van der Waals surface area contributed by atoms with Gasteiger partial charge in [0.2, 0.25) is 0 Å². The number of para-hydroxylation sites is 1. The lowest BCUT2D eigenvalue weighted by Crippen LogP contribution is -2.15. The first-order valence-corrected chi connectivity index (χ1v) is 5.68. The number of carbonyl (C=O) groups is 1. The van der Waals surface area contributed by atoms with Crippen LogP contribution in [0.5, 0.6) is 5.75 Å². The van der Waals surface area contributed by atoms with Crippen LogP contribution in [0.4, 0.5) is 0 Å². The van der Waals surface area contributed by atoms with Crippen molar-refractivity contribution in [2.24, 2.45) is 0 Å². The van der Waals surface area contributed by atoms with Gasteiger partial charge in [-0.2, -0.15) is 0 Å². The fourth-order valence-corrected chi connectivity index (χ4v) is 1.88. The molecule has 3 nitrogen and oxygen atoms in total. The number of aryl methyl sites for hydroxylation is 1. The van der Waals surface area contributed by atoms with Crippen molar-refractivity contribution in [2.45, 2.75) is 19.8 Å². The van der Waals surface area contributed by atoms with Gasteiger partial charge in [-0.1, -0.05) is 12.1 Å². The van der Waals surface area contributed by atoms with Gasteiger partial charge in [0, 0.05) is 6.61 Å². The van der Waals surface area contributed by atoms with E-state index in [0.29, 0.717) is 18.8 Å². The first kappa shape index (κ1) is 11.1. The number of Topliss-reactive ketones (excluding diaryl/α,β-unsaturated/α-hetero) is 1. The van der Waals surface area contributed by atoms with Gasteiger partial charge < -0.3 is 9.47 Å². The molecule has 0 aromatic heterocycles. The van der Waals surface area contributed by atoms with Gasteiger partial charge in [-0.25, -0.2) is 0 Å². The van der Waals surface area contributed by atoms with E-state index in [1.807, 2.05) is 25.1 Å². The predicted molar refractivity (Wildman–Crippen MR) is 61.1 cm³/mol. The maximum Gasteiger partial charge on any atom is 0.192 e. The monoisotopic (exact) mass is 220 g/mol. The minimum absolute atomic E-state index is 0.000556. The van der Waals surface area contributed by atoms with Crippen molar-refractivity contribution in [3.8, 4) is 5.75 Å². The van der Waals surface area contributed by atoms with Gasteiger partial charge in [0.15, 0.2) is 5.78 Å². The van der Waals surface area contributed by atoms with Gasteiger partial charge in [-0.15, -0.1) is 0 Å². The molecule has 1 aliphatic rings. The van der Waals surface area contributed by atoms with E-state index in [-0.39, 0.29) is 12.4 Å². The molecule has 0 N–H and O–H groups in total. The molecule has 1 aromatic rings. The molecule has 86 valence electrons. The largest absolute Gasteiger partial charge is 0.493 e. The average Bonchev–Trinajstić information content (AvgIpc) is 2.35. The van der Waals surface area contributed by atoms with Crippen molar-refractivity contribution >= 4 is 5.78 Å². The van der Waals surface area contributed by atoms with Gasteiger partial charge in [-0.05, 0) is 31.4 Å². The molecule has 16 heavy (non-hydrogen) atoms. The Kier molecular flexibility index (Phi) is 3.57. The van der Waals surface area contributed by atoms with Gasteiger partial charge in [0.1, 0.15) is 12.4 Å². The van der Waals surface area contributed by atoms with Crippen LogP contribution < -0.4 is 4.74 Å². The molecule has 0 amide bonds. The minimum atomic E-state index is 0.000556. The first-order valence-electron chi connectivity index (χ1n) is 5.68. The normalized spacial score (nSPS) is 14.1. The van der Waals surface area contributed by atoms with Crippen molar-refractivity contribution in [3.63, 3.8) is 0 Å². The molecule has 1 heterocycles. The highest BCUT2D eigenvalue weighted by atomic mass is 16.5. The topological polar surface area (TPSA) is 35.5 Å². The van der Waals surface area contributed by atoms with Crippen LogP contribution in [0, 0.1) is 0 Å². The second-order valence-corrected chi connectivity index (χ2v) is 3.81. The molecule has 0 fully saturated rings. The van der Waals surface area contributed by atoms with Crippen molar-refractivity contribution in [1.82, 2.24) is 0 Å². The minimum Gasteiger partial charge on any atom is -0.493 e. The van der Waals surface area contributed by atoms with E-state index in [2.05, 4.69) is 0 Å². The molecule has 1 aromatic carbocycles. The van der Waals surface area contributed by atoms with E-state index in [4.69, 9.17) is 9.47 Å². The van der Waals surface area contributed by atoms with Gasteiger partial charge in [0.05, 0.1) is 12.2 Å². The second kappa shape index (κ2) is 5.12. The summed E-state index contributed by atoms with van der Waals surface area (Å²) in [4.78, 5) is 11.9. The average molecular weight is 220 g/mol. The Hall–Kier alpha value is -1.35. The lowest BCUT2D eigenvalue weighted by atomic mass is 10.0. The molecule has 0 spiro atoms. The molecular weight excluding hydrogens is 204 g/mol. The fourth-order valence-electron chi connectivity index (χ4n) is 1.88. The van der Waals surface area contributed by atoms with Crippen LogP contribution in [0.3, 0.4) is 0 Å². The summed E-state index contributed by atoms with van der Waals surface area (Å²) in [5.41, 5.74) is 1.79. The third-order valence-electron chi connectivity index (χ3n) is 2.67. The highest BCUT2D eigenvalue weighted by Crippen LogP contribution is 2.29. The predicted octanol–water partition coefficient (Wildman–Crippen LogP) is 2.23. The summed E-state index contributed by atoms with van der Waals surface area (Å²) >= 11 is 0. The Morgan fingerprint density at radius 1 is 1.50 bits per heavy atom. The maximum atomic E-state index is 11.9. The van der Waals surface area contributed by atoms with Crippen LogP contribution in [0.2, 0.25) is 0 Å². The van der Waals surface area contributed by atoms with Gasteiger partial charge in [-0.3, -0.25) is 4.79 Å². The van der Waals surface area contributed by atoms with E-state index in [9.17, 15) is 4.79 Å². The molecular formula is C13H16O3. The number of benzene rings is 1. The molecule has 0 atom stereocenters. The SMILES string of the molecule is CCOCC(=O)c1cccc2c1OCCC2. The fraction of sp³-hybridized carbons (Fsp3) is 0.462. The Balaban J connectivity index is 2.23. The molecule has 0 radical (unpaired) electrons. The molecule has 3 heteroatoms. The first-order chi connectivity index (χ1) is 7.83. The summed E-state index contributed by atoms with van der Waals surface area (Å²) in [6.07, 6.45) is 2.02. The summed E-state index contributed by atoms with van der Waals surface area (Å²) < 4.78 is 10.7. The van der Waals surface area contributed by atoms with Crippen LogP contribution in [0.1, 0.15) is 29.3 Å². The van der Waals surface area contributed by atoms with Crippen LogP contribution in [-0.2, 0) is 11.2 Å². The zero-order chi connectivity index (χ0) is 11.4. The number of hydrogen-bond acceptors (Lipinski definition) is 3. The second-order valence-electron chi connectivity index (χ2n) is 3.81. The van der Waals surface area contributed by atoms with Crippen LogP contribution in [0.25, 0.3) is 0 Å². The third kappa shape index (κ3) is 2.25. The Bertz CT molecular complexity index is 385. The number of carbonyl (C=O) groups excluding carboxylic acids is 1. The lowest BCUT2D eigenvalue weighted by molar-refractivity contribution is 0.0778. The van der Waals surface area contributed by atoms with Crippen molar-refractivity contribution < 1.29 is 14.3 Å². The molecule has 0 bridgehead atoms. The third-order valence-corrected chi connectivity index (χ3v) is 2.67. The lowest BCUT2D eigenvalue weighted by Gasteiger charge is -2.19. The van der Waals surface area contributed by atoms with Crippen LogP contribution in [-0.4, -0.2) is 25.6 Å². The number of ketones is 1. The van der Waals surface area contributed by atoms with Crippen molar-refractivity contribution in [1.29, 1.82) is 0 Å². The number of fused-ring (bicyclic) bond motifs is 1. The summed E-state index contributed by atoms with van der Waals surface area (Å²) in [5.74, 6) is 0.763. The number of hydrogen-bond donors (Lipinski definition) is 0. The molecule has 0 saturated carbocycles. The zero-order valence-electron chi connectivity index (χ0n) is 9.49. The molecule has 0 unspecified atom stereocenters. The molecule has 0 aliphatic carbocycles. The van der Waals surface area contributed by atoms with Crippen molar-refractivity contribution in [2.75, 3.05) is 19.8 Å². The smallest absolute Gasteiger partial charge is 0.192 e. The molecule has 2 rings (SSSR count). The Labute approximate surface area is 95.4 Å². The molecule has 1 aliphatic heterocycles. The Morgan fingerprint density at radius 3 is 3.19 bits per heavy atom. The van der Waals surface area contributed by atoms with E-state index in [1.165, 1.54) is 0 Å². The highest BCUT2D eigenvalue weighted by molar-refractivity contribution is 6.00. The maximum absolute atomic E-state index is 11.9. The number of ether oxygens (including phenoxy) is 2. The van der Waals surface area contributed by atoms with Gasteiger partial charge >= 0.3 is 0 Å². The summed E-state index contributed by atoms with van der Waals surface area (Å²) in [6.45, 7) is 3.27. The van der Waals surface area contributed by atoms with E-state index < -0.39 is 0 Å². The zero-order valence-corrected chi connectivity index (χ0v) is 9.49. The van der Waals surface area contributed by atoms with E-state index in [1.54, 1.807) is 0 Å². The van der Waals surface area contributed by atoms with Crippen LogP contribution in [0.15, 0.2) is 18.2 Å². The highest BCUT2D eigenvalue weighted by Gasteiger charge is 2.18. The molecule has 0 saturated heterocycles. The van der Waals surface area contributed by atoms with E-state index in [0.717, 1.165) is 24.2 Å². The van der Waals surface area contributed by atoms with Crippen molar-refractivity contribution in [3.05, 3.63) is 29.3 Å². The summed E-state index contributed by atoms with van der Waals surface area (Å²) in [6, 6.07) is 5.74. The standard InChI is InChI=1S/C13H16O3/c1-2-15-9-12(14)11-7-3-5-10-6-4-8-16-13(10)11/h3,5,7H,2,4,6,8-9H2,1H3. The van der Waals surface area contributed by atoms with E-state index >= 15 is 0 Å². The quantitative estimate of drug-likeness (QED) is 0.730. The van der Waals surface area contributed by atoms with Crippen LogP contribution >= 0.6 is 0 Å². The van der Waals surface area contributed by atoms with Gasteiger partial charge in [0.25, 0.3) is 0 Å².